The van der Waals surface area contributed by atoms with Crippen molar-refractivity contribution in [3.63, 3.8) is 0 Å². The zero-order chi connectivity index (χ0) is 15.8. The van der Waals surface area contributed by atoms with Gasteiger partial charge in [0.05, 0.1) is 6.61 Å². The molecule has 0 saturated carbocycles. The Morgan fingerprint density at radius 2 is 1.82 bits per heavy atom. The maximum absolute atomic E-state index is 12.0. The lowest BCUT2D eigenvalue weighted by Gasteiger charge is -2.20. The molecule has 22 heavy (non-hydrogen) atoms. The Hall–Kier alpha value is -1.10. The molecule has 1 aromatic carbocycles. The van der Waals surface area contributed by atoms with Crippen LogP contribution in [0.15, 0.2) is 24.3 Å². The Balaban J connectivity index is 0.00000441. The van der Waals surface area contributed by atoms with E-state index in [-0.39, 0.29) is 36.1 Å². The van der Waals surface area contributed by atoms with E-state index in [1.54, 1.807) is 31.2 Å². The number of halogens is 2. The Morgan fingerprint density at radius 3 is 2.32 bits per heavy atom. The summed E-state index contributed by atoms with van der Waals surface area (Å²) in [6.07, 6.45) is 0.324. The Labute approximate surface area is 143 Å². The summed E-state index contributed by atoms with van der Waals surface area (Å²) in [5.41, 5.74) is 0.624. The quantitative estimate of drug-likeness (QED) is 0.577. The fraction of sp³-hybridized carbons (Fsp3) is 0.500. The van der Waals surface area contributed by atoms with Crippen molar-refractivity contribution >= 4 is 35.8 Å². The summed E-state index contributed by atoms with van der Waals surface area (Å²) in [4.78, 5) is 23.8. The molecule has 0 aliphatic heterocycles. The number of hydrogen-bond acceptors (Lipinski definition) is 4. The average molecular weight is 348 g/mol. The summed E-state index contributed by atoms with van der Waals surface area (Å²) in [5, 5.41) is 3.70. The molecule has 4 nitrogen and oxygen atoms in total. The molecule has 1 unspecified atom stereocenters. The number of carbonyl (C=O) groups excluding carboxylic acids is 2. The first-order chi connectivity index (χ1) is 9.95. The van der Waals surface area contributed by atoms with E-state index >= 15 is 0 Å². The van der Waals surface area contributed by atoms with Crippen LogP contribution in [0.5, 0.6) is 0 Å². The number of nitrogens with one attached hydrogen (secondary N) is 1. The van der Waals surface area contributed by atoms with Gasteiger partial charge in [-0.25, -0.2) is 0 Å². The average Bonchev–Trinajstić information content (AvgIpc) is 2.43. The van der Waals surface area contributed by atoms with Gasteiger partial charge in [-0.3, -0.25) is 9.59 Å². The summed E-state index contributed by atoms with van der Waals surface area (Å²) in [7, 11) is 0. The summed E-state index contributed by atoms with van der Waals surface area (Å²) >= 11 is 5.79. The third-order valence-corrected chi connectivity index (χ3v) is 3.34. The number of benzene rings is 1. The zero-order valence-electron chi connectivity index (χ0n) is 13.1. The Morgan fingerprint density at radius 1 is 1.23 bits per heavy atom. The highest BCUT2D eigenvalue weighted by molar-refractivity contribution is 6.30. The number of Topliss-reactive ketones (excluding diaryl/α,β-unsaturated/α-hetero) is 1. The van der Waals surface area contributed by atoms with Gasteiger partial charge < -0.3 is 10.1 Å². The van der Waals surface area contributed by atoms with Crippen molar-refractivity contribution in [1.82, 2.24) is 5.32 Å². The third-order valence-electron chi connectivity index (χ3n) is 3.09. The second-order valence-electron chi connectivity index (χ2n) is 5.11. The highest BCUT2D eigenvalue weighted by Crippen LogP contribution is 2.11. The maximum Gasteiger partial charge on any atom is 0.323 e. The van der Waals surface area contributed by atoms with Crippen LogP contribution < -0.4 is 5.32 Å². The van der Waals surface area contributed by atoms with Crippen molar-refractivity contribution < 1.29 is 14.3 Å². The molecule has 0 amide bonds. The normalized spacial score (nSPS) is 11.7. The van der Waals surface area contributed by atoms with Crippen LogP contribution in [0.1, 0.15) is 37.6 Å². The molecule has 0 aliphatic rings. The van der Waals surface area contributed by atoms with E-state index in [9.17, 15) is 9.59 Å². The van der Waals surface area contributed by atoms with Crippen molar-refractivity contribution in [1.29, 1.82) is 0 Å². The van der Waals surface area contributed by atoms with E-state index < -0.39 is 0 Å². The van der Waals surface area contributed by atoms with Crippen LogP contribution in [0.4, 0.5) is 0 Å². The number of ketones is 1. The van der Waals surface area contributed by atoms with Crippen LogP contribution in [0, 0.1) is 5.92 Å². The van der Waals surface area contributed by atoms with Gasteiger partial charge >= 0.3 is 5.97 Å². The molecule has 6 heteroatoms. The van der Waals surface area contributed by atoms with Crippen LogP contribution in [-0.4, -0.2) is 30.9 Å². The van der Waals surface area contributed by atoms with Crippen LogP contribution in [0.25, 0.3) is 0 Å². The van der Waals surface area contributed by atoms with E-state index in [4.69, 9.17) is 16.3 Å². The van der Waals surface area contributed by atoms with Gasteiger partial charge in [-0.05, 0) is 37.1 Å². The van der Waals surface area contributed by atoms with Crippen molar-refractivity contribution in [3.8, 4) is 0 Å². The molecule has 0 saturated heterocycles. The summed E-state index contributed by atoms with van der Waals surface area (Å²) in [6, 6.07) is 6.41. The summed E-state index contributed by atoms with van der Waals surface area (Å²) < 4.78 is 5.02. The van der Waals surface area contributed by atoms with Crippen molar-refractivity contribution in [2.24, 2.45) is 5.92 Å². The molecular weight excluding hydrogens is 325 g/mol. The van der Waals surface area contributed by atoms with E-state index in [0.717, 1.165) is 0 Å². The lowest BCUT2D eigenvalue weighted by Crippen LogP contribution is -2.43. The van der Waals surface area contributed by atoms with Gasteiger partial charge in [-0.1, -0.05) is 25.4 Å². The number of ether oxygens (including phenoxy) is 1. The number of carbonyl (C=O) groups is 2. The highest BCUT2D eigenvalue weighted by Gasteiger charge is 2.22. The van der Waals surface area contributed by atoms with Gasteiger partial charge in [0, 0.05) is 23.6 Å². The predicted molar refractivity (Wildman–Crippen MR) is 90.9 cm³/mol. The molecule has 124 valence electrons. The number of rotatable bonds is 8. The fourth-order valence-electron chi connectivity index (χ4n) is 1.94. The number of esters is 1. The summed E-state index contributed by atoms with van der Waals surface area (Å²) in [6.45, 7) is 6.45. The van der Waals surface area contributed by atoms with Crippen molar-refractivity contribution in [3.05, 3.63) is 34.9 Å². The topological polar surface area (TPSA) is 55.4 Å². The Bertz CT molecular complexity index is 475. The maximum atomic E-state index is 12.0. The van der Waals surface area contributed by atoms with Crippen LogP contribution in [-0.2, 0) is 9.53 Å². The van der Waals surface area contributed by atoms with Gasteiger partial charge in [0.1, 0.15) is 6.04 Å². The first-order valence-electron chi connectivity index (χ1n) is 7.14. The van der Waals surface area contributed by atoms with Crippen molar-refractivity contribution in [2.75, 3.05) is 13.2 Å². The molecule has 0 spiro atoms. The molecule has 0 aliphatic carbocycles. The second-order valence-corrected chi connectivity index (χ2v) is 5.54. The molecule has 0 radical (unpaired) electrons. The zero-order valence-corrected chi connectivity index (χ0v) is 14.7. The van der Waals surface area contributed by atoms with Gasteiger partial charge in [-0.2, -0.15) is 0 Å². The molecule has 1 aromatic rings. The molecule has 0 aromatic heterocycles. The number of hydrogen-bond donors (Lipinski definition) is 1. The van der Waals surface area contributed by atoms with Crippen LogP contribution >= 0.6 is 24.0 Å². The van der Waals surface area contributed by atoms with Crippen molar-refractivity contribution in [2.45, 2.75) is 33.2 Å². The minimum atomic E-state index is -0.386. The molecular formula is C16H23Cl2NO3. The highest BCUT2D eigenvalue weighted by atomic mass is 35.5. The lowest BCUT2D eigenvalue weighted by atomic mass is 10.0. The Kier molecular flexibility index (Phi) is 10.1. The molecule has 0 bridgehead atoms. The smallest absolute Gasteiger partial charge is 0.323 e. The van der Waals surface area contributed by atoms with Gasteiger partial charge in [-0.15, -0.1) is 12.4 Å². The van der Waals surface area contributed by atoms with Gasteiger partial charge in [0.15, 0.2) is 5.78 Å². The largest absolute Gasteiger partial charge is 0.465 e. The second kappa shape index (κ2) is 10.6. The lowest BCUT2D eigenvalue weighted by molar-refractivity contribution is -0.146. The van der Waals surface area contributed by atoms with E-state index in [1.807, 2.05) is 13.8 Å². The van der Waals surface area contributed by atoms with Gasteiger partial charge in [0.2, 0.25) is 0 Å². The SMILES string of the molecule is CCOC(=O)C(NCCC(=O)c1ccc(Cl)cc1)C(C)C.Cl. The summed E-state index contributed by atoms with van der Waals surface area (Å²) in [5.74, 6) is -0.147. The van der Waals surface area contributed by atoms with Crippen LogP contribution in [0.2, 0.25) is 5.02 Å². The molecule has 0 fully saturated rings. The first kappa shape index (κ1) is 20.9. The monoisotopic (exact) mass is 347 g/mol. The molecule has 1 rings (SSSR count). The molecule has 1 atom stereocenters. The van der Waals surface area contributed by atoms with Gasteiger partial charge in [0.25, 0.3) is 0 Å². The minimum absolute atomic E-state index is 0. The first-order valence-corrected chi connectivity index (χ1v) is 7.52. The van der Waals surface area contributed by atoms with Crippen LogP contribution in [0.3, 0.4) is 0 Å². The predicted octanol–water partition coefficient (Wildman–Crippen LogP) is 3.51. The van der Waals surface area contributed by atoms with E-state index in [1.165, 1.54) is 0 Å². The fourth-order valence-corrected chi connectivity index (χ4v) is 2.07. The minimum Gasteiger partial charge on any atom is -0.465 e. The molecule has 1 N–H and O–H groups in total. The van der Waals surface area contributed by atoms with E-state index in [0.29, 0.717) is 30.2 Å². The van der Waals surface area contributed by atoms with E-state index in [2.05, 4.69) is 5.32 Å². The standard InChI is InChI=1S/C16H22ClNO3.ClH/c1-4-21-16(20)15(11(2)3)18-10-9-14(19)12-5-7-13(17)8-6-12;/h5-8,11,15,18H,4,9-10H2,1-3H3;1H. The molecule has 0 heterocycles. The third kappa shape index (κ3) is 6.77.